The molecule has 1 aromatic carbocycles. The van der Waals surface area contributed by atoms with Crippen molar-refractivity contribution in [3.8, 4) is 0 Å². The molecule has 1 aliphatic rings. The summed E-state index contributed by atoms with van der Waals surface area (Å²) in [6.07, 6.45) is -2.12. The zero-order chi connectivity index (χ0) is 22.1. The number of nitrogens with one attached hydrogen (secondary N) is 1. The SMILES string of the molecule is Cc1cc(C(=O)CN(C)Cc2ccc(C(=O)NCC(F)(F)F)cc2)c(C)n1C1CC1. The minimum Gasteiger partial charge on any atom is -0.345 e. The fourth-order valence-electron chi connectivity index (χ4n) is 3.70. The molecule has 1 fully saturated rings. The summed E-state index contributed by atoms with van der Waals surface area (Å²) in [6.45, 7) is 3.39. The number of Topliss-reactive ketones (excluding diaryl/α,β-unsaturated/α-hetero) is 1. The molecule has 1 saturated carbocycles. The molecule has 1 aromatic heterocycles. The maximum Gasteiger partial charge on any atom is 0.405 e. The first-order valence-electron chi connectivity index (χ1n) is 9.89. The Morgan fingerprint density at radius 2 is 1.80 bits per heavy atom. The van der Waals surface area contributed by atoms with Gasteiger partial charge in [0, 0.05) is 35.1 Å². The van der Waals surface area contributed by atoms with Crippen LogP contribution in [-0.2, 0) is 6.54 Å². The normalized spacial score (nSPS) is 14.2. The Hall–Kier alpha value is -2.61. The fourth-order valence-corrected chi connectivity index (χ4v) is 3.70. The number of aromatic nitrogens is 1. The van der Waals surface area contributed by atoms with Crippen LogP contribution in [-0.4, -0.2) is 47.5 Å². The van der Waals surface area contributed by atoms with Crippen molar-refractivity contribution in [2.24, 2.45) is 0 Å². The van der Waals surface area contributed by atoms with Gasteiger partial charge < -0.3 is 9.88 Å². The molecule has 0 bridgehead atoms. The van der Waals surface area contributed by atoms with Crippen molar-refractivity contribution in [3.05, 3.63) is 58.4 Å². The fraction of sp³-hybridized carbons (Fsp3) is 0.455. The Labute approximate surface area is 173 Å². The Bertz CT molecular complexity index is 928. The van der Waals surface area contributed by atoms with Gasteiger partial charge in [0.15, 0.2) is 5.78 Å². The molecule has 0 saturated heterocycles. The van der Waals surface area contributed by atoms with Gasteiger partial charge in [0.25, 0.3) is 5.91 Å². The smallest absolute Gasteiger partial charge is 0.345 e. The van der Waals surface area contributed by atoms with Crippen LogP contribution in [0.1, 0.15) is 56.6 Å². The zero-order valence-electron chi connectivity index (χ0n) is 17.3. The first-order valence-corrected chi connectivity index (χ1v) is 9.89. The number of alkyl halides is 3. The van der Waals surface area contributed by atoms with Gasteiger partial charge in [-0.25, -0.2) is 0 Å². The molecular weight excluding hydrogens is 395 g/mol. The van der Waals surface area contributed by atoms with Crippen LogP contribution >= 0.6 is 0 Å². The topological polar surface area (TPSA) is 54.3 Å². The highest BCUT2D eigenvalue weighted by molar-refractivity contribution is 5.99. The van der Waals surface area contributed by atoms with Crippen LogP contribution in [0.5, 0.6) is 0 Å². The number of amides is 1. The summed E-state index contributed by atoms with van der Waals surface area (Å²) in [7, 11) is 1.84. The number of aryl methyl sites for hydroxylation is 1. The molecular formula is C22H26F3N3O2. The molecule has 5 nitrogen and oxygen atoms in total. The van der Waals surface area contributed by atoms with Crippen LogP contribution in [0.15, 0.2) is 30.3 Å². The second-order valence-electron chi connectivity index (χ2n) is 7.98. The summed E-state index contributed by atoms with van der Waals surface area (Å²) < 4.78 is 38.9. The number of hydrogen-bond donors (Lipinski definition) is 1. The number of likely N-dealkylation sites (N-methyl/N-ethyl adjacent to an activating group) is 1. The Kier molecular flexibility index (Phi) is 6.36. The van der Waals surface area contributed by atoms with E-state index in [1.165, 1.54) is 12.1 Å². The van der Waals surface area contributed by atoms with E-state index >= 15 is 0 Å². The first kappa shape index (κ1) is 22.1. The maximum absolute atomic E-state index is 12.8. The van der Waals surface area contributed by atoms with Crippen molar-refractivity contribution >= 4 is 11.7 Å². The predicted molar refractivity (Wildman–Crippen MR) is 108 cm³/mol. The van der Waals surface area contributed by atoms with Crippen LogP contribution in [0.25, 0.3) is 0 Å². The molecule has 1 aliphatic carbocycles. The summed E-state index contributed by atoms with van der Waals surface area (Å²) in [5.41, 5.74) is 3.90. The number of ketones is 1. The van der Waals surface area contributed by atoms with Crippen LogP contribution in [0.2, 0.25) is 0 Å². The minimum atomic E-state index is -4.44. The zero-order valence-corrected chi connectivity index (χ0v) is 17.3. The van der Waals surface area contributed by atoms with Gasteiger partial charge in [-0.2, -0.15) is 13.2 Å². The molecule has 0 spiro atoms. The van der Waals surface area contributed by atoms with Crippen LogP contribution < -0.4 is 5.32 Å². The van der Waals surface area contributed by atoms with E-state index in [1.54, 1.807) is 12.1 Å². The predicted octanol–water partition coefficient (Wildman–Crippen LogP) is 4.05. The van der Waals surface area contributed by atoms with Gasteiger partial charge in [-0.3, -0.25) is 14.5 Å². The molecule has 30 heavy (non-hydrogen) atoms. The highest BCUT2D eigenvalue weighted by atomic mass is 19.4. The van der Waals surface area contributed by atoms with Crippen molar-refractivity contribution in [3.63, 3.8) is 0 Å². The molecule has 8 heteroatoms. The third-order valence-corrected chi connectivity index (χ3v) is 5.23. The van der Waals surface area contributed by atoms with Gasteiger partial charge in [0.1, 0.15) is 6.54 Å². The van der Waals surface area contributed by atoms with Gasteiger partial charge in [0.05, 0.1) is 6.54 Å². The largest absolute Gasteiger partial charge is 0.405 e. The molecule has 162 valence electrons. The molecule has 1 amide bonds. The van der Waals surface area contributed by atoms with E-state index in [1.807, 2.05) is 37.2 Å². The summed E-state index contributed by atoms with van der Waals surface area (Å²) >= 11 is 0. The Balaban J connectivity index is 1.56. The van der Waals surface area contributed by atoms with Crippen molar-refractivity contribution in [2.75, 3.05) is 20.1 Å². The molecule has 1 N–H and O–H groups in total. The van der Waals surface area contributed by atoms with E-state index in [9.17, 15) is 22.8 Å². The van der Waals surface area contributed by atoms with Crippen molar-refractivity contribution < 1.29 is 22.8 Å². The average molecular weight is 421 g/mol. The van der Waals surface area contributed by atoms with Crippen molar-refractivity contribution in [2.45, 2.75) is 45.5 Å². The molecule has 1 heterocycles. The lowest BCUT2D eigenvalue weighted by atomic mass is 10.1. The van der Waals surface area contributed by atoms with E-state index in [2.05, 4.69) is 4.57 Å². The number of carbonyl (C=O) groups is 2. The highest BCUT2D eigenvalue weighted by Gasteiger charge is 2.29. The van der Waals surface area contributed by atoms with Crippen molar-refractivity contribution in [1.82, 2.24) is 14.8 Å². The maximum atomic E-state index is 12.8. The summed E-state index contributed by atoms with van der Waals surface area (Å²) in [4.78, 5) is 26.4. The molecule has 0 atom stereocenters. The molecule has 2 aromatic rings. The summed E-state index contributed by atoms with van der Waals surface area (Å²) in [5, 5.41) is 1.85. The third kappa shape index (κ3) is 5.50. The highest BCUT2D eigenvalue weighted by Crippen LogP contribution is 2.38. The Morgan fingerprint density at radius 1 is 1.17 bits per heavy atom. The lowest BCUT2D eigenvalue weighted by Crippen LogP contribution is -2.33. The third-order valence-electron chi connectivity index (χ3n) is 5.23. The van der Waals surface area contributed by atoms with E-state index in [4.69, 9.17) is 0 Å². The number of hydrogen-bond acceptors (Lipinski definition) is 3. The standard InChI is InChI=1S/C22H26F3N3O2/c1-14-10-19(15(2)28(14)18-8-9-18)20(29)12-27(3)11-16-4-6-17(7-5-16)21(30)26-13-22(23,24)25/h4-7,10,18H,8-9,11-13H2,1-3H3,(H,26,30). The van der Waals surface area contributed by atoms with Crippen LogP contribution in [0.4, 0.5) is 13.2 Å². The van der Waals surface area contributed by atoms with Gasteiger partial charge in [-0.05, 0) is 57.5 Å². The van der Waals surface area contributed by atoms with Gasteiger partial charge in [0.2, 0.25) is 0 Å². The summed E-state index contributed by atoms with van der Waals surface area (Å²) in [5.74, 6) is -0.714. The van der Waals surface area contributed by atoms with Gasteiger partial charge in [-0.1, -0.05) is 12.1 Å². The van der Waals surface area contributed by atoms with Crippen molar-refractivity contribution in [1.29, 1.82) is 0 Å². The van der Waals surface area contributed by atoms with Crippen LogP contribution in [0, 0.1) is 13.8 Å². The van der Waals surface area contributed by atoms with Gasteiger partial charge in [-0.15, -0.1) is 0 Å². The van der Waals surface area contributed by atoms with Gasteiger partial charge >= 0.3 is 6.18 Å². The second kappa shape index (κ2) is 8.63. The monoisotopic (exact) mass is 421 g/mol. The summed E-state index contributed by atoms with van der Waals surface area (Å²) in [6, 6.07) is 8.82. The number of carbonyl (C=O) groups excluding carboxylic acids is 2. The molecule has 0 radical (unpaired) electrons. The van der Waals surface area contributed by atoms with E-state index in [0.717, 1.165) is 35.4 Å². The average Bonchev–Trinajstić information content (AvgIpc) is 3.44. The second-order valence-corrected chi connectivity index (χ2v) is 7.98. The first-order chi connectivity index (χ1) is 14.0. The number of halogens is 3. The number of benzene rings is 1. The molecule has 3 rings (SSSR count). The quantitative estimate of drug-likeness (QED) is 0.655. The van der Waals surface area contributed by atoms with E-state index in [-0.39, 0.29) is 17.9 Å². The molecule has 0 aliphatic heterocycles. The number of rotatable bonds is 8. The Morgan fingerprint density at radius 3 is 2.37 bits per heavy atom. The van der Waals surface area contributed by atoms with E-state index < -0.39 is 18.6 Å². The van der Waals surface area contributed by atoms with Crippen LogP contribution in [0.3, 0.4) is 0 Å². The lowest BCUT2D eigenvalue weighted by Gasteiger charge is -2.16. The lowest BCUT2D eigenvalue weighted by molar-refractivity contribution is -0.123. The minimum absolute atomic E-state index is 0.0562. The number of nitrogens with zero attached hydrogens (tertiary/aromatic N) is 2. The van der Waals surface area contributed by atoms with E-state index in [0.29, 0.717) is 12.6 Å². The molecule has 0 unspecified atom stereocenters.